The van der Waals surface area contributed by atoms with E-state index in [1.54, 1.807) is 24.3 Å². The molecule has 0 aliphatic carbocycles. The van der Waals surface area contributed by atoms with Crippen molar-refractivity contribution in [2.75, 3.05) is 0 Å². The summed E-state index contributed by atoms with van der Waals surface area (Å²) in [4.78, 5) is 10.3. The Balaban J connectivity index is 2.83. The first-order chi connectivity index (χ1) is 7.00. The van der Waals surface area contributed by atoms with Crippen molar-refractivity contribution in [3.63, 3.8) is 0 Å². The molecular formula is C11H10ClFO2. The normalized spacial score (nSPS) is 12.2. The number of aliphatic carboxylic acids is 1. The van der Waals surface area contributed by atoms with Crippen LogP contribution in [0.5, 0.6) is 0 Å². The Morgan fingerprint density at radius 1 is 1.40 bits per heavy atom. The second-order valence-corrected chi connectivity index (χ2v) is 3.64. The summed E-state index contributed by atoms with van der Waals surface area (Å²) in [6.07, 6.45) is 0.273. The van der Waals surface area contributed by atoms with Crippen molar-refractivity contribution in [3.8, 4) is 0 Å². The zero-order valence-electron chi connectivity index (χ0n) is 8.13. The van der Waals surface area contributed by atoms with E-state index in [-0.39, 0.29) is 12.0 Å². The fourth-order valence-corrected chi connectivity index (χ4v) is 1.29. The Bertz CT molecular complexity index is 396. The average molecular weight is 229 g/mol. The fourth-order valence-electron chi connectivity index (χ4n) is 1.17. The van der Waals surface area contributed by atoms with Crippen LogP contribution in [0.15, 0.2) is 35.7 Å². The Kier molecular flexibility index (Phi) is 3.86. The highest BCUT2D eigenvalue weighted by molar-refractivity contribution is 6.30. The number of carbonyl (C=O) groups is 1. The van der Waals surface area contributed by atoms with Crippen LogP contribution in [0, 0.1) is 0 Å². The molecule has 80 valence electrons. The molecule has 0 aromatic heterocycles. The molecule has 0 aliphatic rings. The lowest BCUT2D eigenvalue weighted by atomic mass is 10.1. The molecule has 0 saturated heterocycles. The van der Waals surface area contributed by atoms with Gasteiger partial charge in [-0.2, -0.15) is 4.39 Å². The molecule has 0 bridgehead atoms. The summed E-state index contributed by atoms with van der Waals surface area (Å²) in [5.74, 6) is -2.62. The zero-order valence-corrected chi connectivity index (χ0v) is 8.88. The van der Waals surface area contributed by atoms with Gasteiger partial charge in [0, 0.05) is 5.02 Å². The lowest BCUT2D eigenvalue weighted by Crippen LogP contribution is -2.00. The topological polar surface area (TPSA) is 37.3 Å². The van der Waals surface area contributed by atoms with Gasteiger partial charge in [0.2, 0.25) is 5.83 Å². The van der Waals surface area contributed by atoms with Gasteiger partial charge < -0.3 is 5.11 Å². The average Bonchev–Trinajstić information content (AvgIpc) is 2.20. The van der Waals surface area contributed by atoms with E-state index >= 15 is 0 Å². The lowest BCUT2D eigenvalue weighted by Gasteiger charge is -2.02. The SMILES string of the molecule is C/C(Cc1ccc(Cl)cc1)=C(/F)C(=O)O. The van der Waals surface area contributed by atoms with Gasteiger partial charge in [0.25, 0.3) is 0 Å². The maximum atomic E-state index is 12.9. The number of carboxylic acid groups (broad SMARTS) is 1. The first-order valence-electron chi connectivity index (χ1n) is 4.33. The van der Waals surface area contributed by atoms with Crippen LogP contribution in [0.25, 0.3) is 0 Å². The van der Waals surface area contributed by atoms with Gasteiger partial charge >= 0.3 is 5.97 Å². The summed E-state index contributed by atoms with van der Waals surface area (Å²) in [6, 6.07) is 6.84. The van der Waals surface area contributed by atoms with E-state index in [4.69, 9.17) is 16.7 Å². The first kappa shape index (κ1) is 11.7. The van der Waals surface area contributed by atoms with E-state index in [2.05, 4.69) is 0 Å². The third-order valence-corrected chi connectivity index (χ3v) is 2.20. The molecule has 0 saturated carbocycles. The standard InChI is InChI=1S/C11H10ClFO2/c1-7(10(13)11(14)15)6-8-2-4-9(12)5-3-8/h2-5H,6H2,1H3,(H,14,15)/b10-7-. The summed E-state index contributed by atoms with van der Waals surface area (Å²) in [5, 5.41) is 9.02. The van der Waals surface area contributed by atoms with Gasteiger partial charge in [-0.3, -0.25) is 0 Å². The van der Waals surface area contributed by atoms with Gasteiger partial charge in [-0.1, -0.05) is 23.7 Å². The first-order valence-corrected chi connectivity index (χ1v) is 4.71. The van der Waals surface area contributed by atoms with Crippen molar-refractivity contribution in [3.05, 3.63) is 46.3 Å². The van der Waals surface area contributed by atoms with E-state index in [1.807, 2.05) is 0 Å². The van der Waals surface area contributed by atoms with Crippen molar-refractivity contribution in [2.45, 2.75) is 13.3 Å². The molecule has 1 aromatic rings. The molecule has 0 amide bonds. The maximum Gasteiger partial charge on any atom is 0.364 e. The van der Waals surface area contributed by atoms with E-state index in [9.17, 15) is 9.18 Å². The molecule has 1 N–H and O–H groups in total. The highest BCUT2D eigenvalue weighted by atomic mass is 35.5. The number of halogens is 2. The molecule has 0 heterocycles. The molecule has 0 aliphatic heterocycles. The lowest BCUT2D eigenvalue weighted by molar-refractivity contribution is -0.134. The molecular weight excluding hydrogens is 219 g/mol. The minimum Gasteiger partial charge on any atom is -0.476 e. The van der Waals surface area contributed by atoms with E-state index in [0.717, 1.165) is 5.56 Å². The summed E-state index contributed by atoms with van der Waals surface area (Å²) in [6.45, 7) is 1.46. The fraction of sp³-hybridized carbons (Fsp3) is 0.182. The highest BCUT2D eigenvalue weighted by Gasteiger charge is 2.10. The predicted octanol–water partition coefficient (Wildman–Crippen LogP) is 3.21. The van der Waals surface area contributed by atoms with Gasteiger partial charge in [0.1, 0.15) is 0 Å². The van der Waals surface area contributed by atoms with Gasteiger partial charge in [-0.05, 0) is 36.6 Å². The molecule has 0 atom stereocenters. The molecule has 0 spiro atoms. The van der Waals surface area contributed by atoms with Gasteiger partial charge in [0.15, 0.2) is 0 Å². The van der Waals surface area contributed by atoms with Crippen molar-refractivity contribution in [1.82, 2.24) is 0 Å². The summed E-state index contributed by atoms with van der Waals surface area (Å²) in [5.41, 5.74) is 1.03. The van der Waals surface area contributed by atoms with Crippen LogP contribution >= 0.6 is 11.6 Å². The third kappa shape index (κ3) is 3.36. The van der Waals surface area contributed by atoms with E-state index < -0.39 is 11.8 Å². The second kappa shape index (κ2) is 4.94. The molecule has 1 aromatic carbocycles. The predicted molar refractivity (Wildman–Crippen MR) is 56.6 cm³/mol. The molecule has 2 nitrogen and oxygen atoms in total. The van der Waals surface area contributed by atoms with E-state index in [1.165, 1.54) is 6.92 Å². The molecule has 0 radical (unpaired) electrons. The zero-order chi connectivity index (χ0) is 11.4. The molecule has 4 heteroatoms. The minimum absolute atomic E-state index is 0.199. The summed E-state index contributed by atoms with van der Waals surface area (Å²) < 4.78 is 12.9. The number of allylic oxidation sites excluding steroid dienone is 1. The van der Waals surface area contributed by atoms with Crippen LogP contribution in [-0.2, 0) is 11.2 Å². The van der Waals surface area contributed by atoms with Crippen molar-refractivity contribution in [2.24, 2.45) is 0 Å². The monoisotopic (exact) mass is 228 g/mol. The third-order valence-electron chi connectivity index (χ3n) is 1.95. The van der Waals surface area contributed by atoms with Gasteiger partial charge in [-0.25, -0.2) is 4.79 Å². The summed E-state index contributed by atoms with van der Waals surface area (Å²) >= 11 is 5.68. The number of hydrogen-bond donors (Lipinski definition) is 1. The largest absolute Gasteiger partial charge is 0.476 e. The number of rotatable bonds is 3. The molecule has 1 rings (SSSR count). The van der Waals surface area contributed by atoms with Crippen LogP contribution in [0.1, 0.15) is 12.5 Å². The maximum absolute atomic E-state index is 12.9. The Morgan fingerprint density at radius 2 is 1.93 bits per heavy atom. The van der Waals surface area contributed by atoms with Crippen LogP contribution in [0.4, 0.5) is 4.39 Å². The number of carboxylic acids is 1. The van der Waals surface area contributed by atoms with Crippen molar-refractivity contribution >= 4 is 17.6 Å². The molecule has 0 fully saturated rings. The molecule has 15 heavy (non-hydrogen) atoms. The Morgan fingerprint density at radius 3 is 2.40 bits per heavy atom. The van der Waals surface area contributed by atoms with Crippen molar-refractivity contribution < 1.29 is 14.3 Å². The minimum atomic E-state index is -1.53. The molecule has 0 unspecified atom stereocenters. The second-order valence-electron chi connectivity index (χ2n) is 3.20. The quantitative estimate of drug-likeness (QED) is 0.807. The van der Waals surface area contributed by atoms with Crippen LogP contribution in [0.2, 0.25) is 5.02 Å². The number of benzene rings is 1. The van der Waals surface area contributed by atoms with Crippen LogP contribution in [-0.4, -0.2) is 11.1 Å². The van der Waals surface area contributed by atoms with Gasteiger partial charge in [-0.15, -0.1) is 0 Å². The Hall–Kier alpha value is -1.35. The van der Waals surface area contributed by atoms with Gasteiger partial charge in [0.05, 0.1) is 0 Å². The Labute approximate surface area is 92.0 Å². The van der Waals surface area contributed by atoms with Crippen LogP contribution < -0.4 is 0 Å². The van der Waals surface area contributed by atoms with E-state index in [0.29, 0.717) is 5.02 Å². The van der Waals surface area contributed by atoms with Crippen molar-refractivity contribution in [1.29, 1.82) is 0 Å². The summed E-state index contributed by atoms with van der Waals surface area (Å²) in [7, 11) is 0. The van der Waals surface area contributed by atoms with Crippen LogP contribution in [0.3, 0.4) is 0 Å². The number of hydrogen-bond acceptors (Lipinski definition) is 1. The smallest absolute Gasteiger partial charge is 0.364 e. The highest BCUT2D eigenvalue weighted by Crippen LogP contribution is 2.15.